The first-order valence-electron chi connectivity index (χ1n) is 7.42. The first-order chi connectivity index (χ1) is 10.5. The third kappa shape index (κ3) is 3.37. The zero-order valence-corrected chi connectivity index (χ0v) is 13.0. The Hall–Kier alpha value is -1.70. The molecule has 22 heavy (non-hydrogen) atoms. The molecule has 1 aliphatic rings. The maximum absolute atomic E-state index is 11.4. The number of nitrogens with zero attached hydrogens (tertiary/aromatic N) is 2. The van der Waals surface area contributed by atoms with Crippen molar-refractivity contribution in [3.63, 3.8) is 0 Å². The normalized spacial score (nSPS) is 22.6. The van der Waals surface area contributed by atoms with E-state index in [1.165, 1.54) is 0 Å². The van der Waals surface area contributed by atoms with E-state index in [9.17, 15) is 8.42 Å². The molecule has 0 unspecified atom stereocenters. The first-order valence-corrected chi connectivity index (χ1v) is 8.96. The lowest BCUT2D eigenvalue weighted by atomic mass is 9.90. The summed E-state index contributed by atoms with van der Waals surface area (Å²) in [6, 6.07) is 9.82. The molecular weight excluding hydrogens is 300 g/mol. The Morgan fingerprint density at radius 3 is 2.64 bits per heavy atom. The van der Waals surface area contributed by atoms with Gasteiger partial charge in [0.1, 0.15) is 0 Å². The Bertz CT molecular complexity index is 727. The zero-order valence-electron chi connectivity index (χ0n) is 12.2. The molecule has 7 heteroatoms. The zero-order chi connectivity index (χ0) is 15.6. The van der Waals surface area contributed by atoms with Gasteiger partial charge in [-0.25, -0.2) is 10.1 Å². The summed E-state index contributed by atoms with van der Waals surface area (Å²) in [5.41, 5.74) is 2.06. The van der Waals surface area contributed by atoms with E-state index in [1.54, 1.807) is 6.33 Å². The van der Waals surface area contributed by atoms with Gasteiger partial charge in [-0.3, -0.25) is 0 Å². The average molecular weight is 320 g/mol. The van der Waals surface area contributed by atoms with Crippen molar-refractivity contribution in [3.05, 3.63) is 42.9 Å². The Balaban J connectivity index is 1.94. The Labute approximate surface area is 130 Å². The molecule has 1 fully saturated rings. The number of imidazole rings is 1. The molecule has 1 aromatic heterocycles. The molecule has 2 atom stereocenters. The van der Waals surface area contributed by atoms with E-state index in [2.05, 4.69) is 14.3 Å². The molecule has 1 saturated carbocycles. The molecule has 0 radical (unpaired) electrons. The van der Waals surface area contributed by atoms with E-state index in [-0.39, 0.29) is 12.1 Å². The predicted molar refractivity (Wildman–Crippen MR) is 85.2 cm³/mol. The van der Waals surface area contributed by atoms with Crippen LogP contribution in [0.2, 0.25) is 0 Å². The van der Waals surface area contributed by atoms with Crippen molar-refractivity contribution >= 4 is 10.2 Å². The fraction of sp³-hybridized carbons (Fsp3) is 0.400. The molecule has 3 rings (SSSR count). The van der Waals surface area contributed by atoms with Crippen molar-refractivity contribution in [1.29, 1.82) is 0 Å². The van der Waals surface area contributed by atoms with Crippen molar-refractivity contribution in [3.8, 4) is 11.3 Å². The average Bonchev–Trinajstić information content (AvgIpc) is 2.96. The van der Waals surface area contributed by atoms with Crippen LogP contribution in [0.3, 0.4) is 0 Å². The molecule has 0 aliphatic heterocycles. The van der Waals surface area contributed by atoms with Crippen molar-refractivity contribution in [2.75, 3.05) is 0 Å². The lowest BCUT2D eigenvalue weighted by Gasteiger charge is -2.33. The summed E-state index contributed by atoms with van der Waals surface area (Å²) in [7, 11) is -3.71. The summed E-state index contributed by atoms with van der Waals surface area (Å²) in [5.74, 6) is 0. The van der Waals surface area contributed by atoms with Gasteiger partial charge in [-0.05, 0) is 18.4 Å². The van der Waals surface area contributed by atoms with Crippen LogP contribution in [0.4, 0.5) is 0 Å². The summed E-state index contributed by atoms with van der Waals surface area (Å²) in [4.78, 5) is 4.26. The maximum Gasteiger partial charge on any atom is 0.274 e. The second-order valence-corrected chi connectivity index (χ2v) is 7.00. The minimum Gasteiger partial charge on any atom is -0.326 e. The van der Waals surface area contributed by atoms with Crippen LogP contribution >= 0.6 is 0 Å². The molecule has 0 bridgehead atoms. The van der Waals surface area contributed by atoms with Crippen LogP contribution in [0, 0.1) is 0 Å². The van der Waals surface area contributed by atoms with Gasteiger partial charge in [0.25, 0.3) is 10.2 Å². The number of benzene rings is 1. The van der Waals surface area contributed by atoms with Crippen molar-refractivity contribution in [2.24, 2.45) is 5.14 Å². The number of nitrogens with two attached hydrogens (primary N) is 1. The summed E-state index contributed by atoms with van der Waals surface area (Å²) in [6.07, 6.45) is 7.35. The van der Waals surface area contributed by atoms with Crippen LogP contribution in [-0.2, 0) is 10.2 Å². The Morgan fingerprint density at radius 2 is 1.91 bits per heavy atom. The summed E-state index contributed by atoms with van der Waals surface area (Å²) in [6.45, 7) is 0. The van der Waals surface area contributed by atoms with Gasteiger partial charge >= 0.3 is 0 Å². The van der Waals surface area contributed by atoms with Crippen LogP contribution in [0.15, 0.2) is 42.9 Å². The molecule has 6 nitrogen and oxygen atoms in total. The van der Waals surface area contributed by atoms with Crippen LogP contribution in [0.1, 0.15) is 31.7 Å². The smallest absolute Gasteiger partial charge is 0.274 e. The lowest BCUT2D eigenvalue weighted by Crippen LogP contribution is -2.45. The third-order valence-corrected chi connectivity index (χ3v) is 4.77. The number of hydrogen-bond acceptors (Lipinski definition) is 3. The molecule has 0 amide bonds. The van der Waals surface area contributed by atoms with E-state index in [4.69, 9.17) is 5.14 Å². The maximum atomic E-state index is 11.4. The van der Waals surface area contributed by atoms with E-state index < -0.39 is 10.2 Å². The molecule has 1 aromatic carbocycles. The topological polar surface area (TPSA) is 90.0 Å². The monoisotopic (exact) mass is 320 g/mol. The first kappa shape index (κ1) is 15.2. The Kier molecular flexibility index (Phi) is 4.28. The molecule has 0 spiro atoms. The number of rotatable bonds is 4. The largest absolute Gasteiger partial charge is 0.326 e. The molecule has 118 valence electrons. The van der Waals surface area contributed by atoms with Crippen molar-refractivity contribution in [2.45, 2.75) is 37.8 Å². The van der Waals surface area contributed by atoms with Crippen LogP contribution in [0.5, 0.6) is 0 Å². The summed E-state index contributed by atoms with van der Waals surface area (Å²) < 4.78 is 27.5. The SMILES string of the molecule is NS(=O)(=O)N[C@H]1CCCC[C@@H]1n1cncc1-c1ccccc1. The molecule has 3 N–H and O–H groups in total. The molecule has 1 aliphatic carbocycles. The van der Waals surface area contributed by atoms with Gasteiger partial charge in [0.2, 0.25) is 0 Å². The number of aromatic nitrogens is 2. The van der Waals surface area contributed by atoms with Crippen LogP contribution in [0.25, 0.3) is 11.3 Å². The highest BCUT2D eigenvalue weighted by Crippen LogP contribution is 2.32. The Morgan fingerprint density at radius 1 is 1.18 bits per heavy atom. The van der Waals surface area contributed by atoms with Crippen LogP contribution in [-0.4, -0.2) is 24.0 Å². The van der Waals surface area contributed by atoms with Crippen LogP contribution < -0.4 is 9.86 Å². The second kappa shape index (κ2) is 6.20. The predicted octanol–water partition coefficient (Wildman–Crippen LogP) is 1.83. The molecular formula is C15H20N4O2S. The lowest BCUT2D eigenvalue weighted by molar-refractivity contribution is 0.290. The highest BCUT2D eigenvalue weighted by atomic mass is 32.2. The highest BCUT2D eigenvalue weighted by molar-refractivity contribution is 7.87. The molecule has 1 heterocycles. The van der Waals surface area contributed by atoms with Gasteiger partial charge in [0.15, 0.2) is 0 Å². The van der Waals surface area contributed by atoms with Gasteiger partial charge in [0, 0.05) is 6.04 Å². The fourth-order valence-corrected chi connectivity index (χ4v) is 3.89. The number of nitrogens with one attached hydrogen (secondary N) is 1. The van der Waals surface area contributed by atoms with Gasteiger partial charge in [0.05, 0.1) is 24.3 Å². The van der Waals surface area contributed by atoms with E-state index in [1.807, 2.05) is 36.5 Å². The van der Waals surface area contributed by atoms with Crippen molar-refractivity contribution in [1.82, 2.24) is 14.3 Å². The van der Waals surface area contributed by atoms with Crippen molar-refractivity contribution < 1.29 is 8.42 Å². The summed E-state index contributed by atoms with van der Waals surface area (Å²) >= 11 is 0. The van der Waals surface area contributed by atoms with E-state index in [0.717, 1.165) is 36.9 Å². The van der Waals surface area contributed by atoms with Gasteiger partial charge in [-0.2, -0.15) is 13.1 Å². The summed E-state index contributed by atoms with van der Waals surface area (Å²) in [5, 5.41) is 5.17. The third-order valence-electron chi connectivity index (χ3n) is 4.14. The van der Waals surface area contributed by atoms with E-state index in [0.29, 0.717) is 0 Å². The number of hydrogen-bond donors (Lipinski definition) is 2. The highest BCUT2D eigenvalue weighted by Gasteiger charge is 2.30. The standard InChI is InChI=1S/C15H20N4O2S/c16-22(20,21)18-13-8-4-5-9-14(13)19-11-17-10-15(19)12-6-2-1-3-7-12/h1-3,6-7,10-11,13-14,18H,4-5,8-9H2,(H2,16,20,21)/t13-,14-/m0/s1. The minimum atomic E-state index is -3.71. The van der Waals surface area contributed by atoms with E-state index >= 15 is 0 Å². The minimum absolute atomic E-state index is 0.0322. The molecule has 0 saturated heterocycles. The van der Waals surface area contributed by atoms with Gasteiger partial charge < -0.3 is 4.57 Å². The van der Waals surface area contributed by atoms with Gasteiger partial charge in [-0.1, -0.05) is 43.2 Å². The van der Waals surface area contributed by atoms with Gasteiger partial charge in [-0.15, -0.1) is 0 Å². The molecule has 2 aromatic rings. The fourth-order valence-electron chi connectivity index (χ4n) is 3.19. The second-order valence-electron chi connectivity index (χ2n) is 5.67. The quantitative estimate of drug-likeness (QED) is 0.900.